The van der Waals surface area contributed by atoms with Gasteiger partial charge in [0.05, 0.1) is 0 Å². The van der Waals surface area contributed by atoms with E-state index in [-0.39, 0.29) is 5.91 Å². The Morgan fingerprint density at radius 1 is 1.55 bits per heavy atom. The number of rotatable bonds is 4. The molecule has 0 radical (unpaired) electrons. The van der Waals surface area contributed by atoms with Crippen molar-refractivity contribution < 1.29 is 4.79 Å². The van der Waals surface area contributed by atoms with Crippen molar-refractivity contribution in [2.24, 2.45) is 5.73 Å². The molecule has 0 heterocycles. The topological polar surface area (TPSA) is 43.1 Å². The van der Waals surface area contributed by atoms with E-state index in [9.17, 15) is 4.79 Å². The van der Waals surface area contributed by atoms with E-state index in [4.69, 9.17) is 5.73 Å². The maximum absolute atomic E-state index is 10.1. The molecule has 0 rings (SSSR count). The zero-order valence-corrected chi connectivity index (χ0v) is 7.60. The van der Waals surface area contributed by atoms with Crippen molar-refractivity contribution in [3.63, 3.8) is 0 Å². The summed E-state index contributed by atoms with van der Waals surface area (Å²) >= 11 is 0. The molecular formula is C9H19NO. The van der Waals surface area contributed by atoms with Gasteiger partial charge in [-0.3, -0.25) is 4.79 Å². The Hall–Kier alpha value is -0.790. The van der Waals surface area contributed by atoms with Gasteiger partial charge in [-0.15, -0.1) is 6.58 Å². The minimum Gasteiger partial charge on any atom is -0.370 e. The van der Waals surface area contributed by atoms with Crippen LogP contribution >= 0.6 is 0 Å². The fraction of sp³-hybridized carbons (Fsp3) is 0.667. The Kier molecular flexibility index (Phi) is 13.9. The predicted octanol–water partition coefficient (Wildman–Crippen LogP) is 2.24. The third-order valence-electron chi connectivity index (χ3n) is 1.03. The number of carbonyl (C=O) groups excluding carboxylic acids is 1. The molecular weight excluding hydrogens is 138 g/mol. The van der Waals surface area contributed by atoms with E-state index in [2.05, 4.69) is 13.5 Å². The Labute approximate surface area is 69.5 Å². The summed E-state index contributed by atoms with van der Waals surface area (Å²) in [5, 5.41) is 0. The van der Waals surface area contributed by atoms with Crippen LogP contribution in [0, 0.1) is 0 Å². The van der Waals surface area contributed by atoms with Gasteiger partial charge in [0.25, 0.3) is 0 Å². The zero-order chi connectivity index (χ0) is 9.11. The summed E-state index contributed by atoms with van der Waals surface area (Å²) in [7, 11) is 0. The van der Waals surface area contributed by atoms with Gasteiger partial charge in [-0.25, -0.2) is 0 Å². The third-order valence-corrected chi connectivity index (χ3v) is 1.03. The van der Waals surface area contributed by atoms with Crippen molar-refractivity contribution in [3.05, 3.63) is 12.7 Å². The Morgan fingerprint density at radius 2 is 2.00 bits per heavy atom. The Bertz CT molecular complexity index is 99.7. The fourth-order valence-electron chi connectivity index (χ4n) is 0.549. The summed E-state index contributed by atoms with van der Waals surface area (Å²) < 4.78 is 0. The highest BCUT2D eigenvalue weighted by molar-refractivity contribution is 5.73. The SMILES string of the molecule is C=CC.CCCCCC(N)=O. The Morgan fingerprint density at radius 3 is 2.27 bits per heavy atom. The first-order valence-corrected chi connectivity index (χ1v) is 4.04. The molecule has 0 aromatic rings. The number of hydrogen-bond acceptors (Lipinski definition) is 1. The van der Waals surface area contributed by atoms with Crippen LogP contribution in [0.25, 0.3) is 0 Å². The minimum atomic E-state index is -0.182. The van der Waals surface area contributed by atoms with E-state index < -0.39 is 0 Å². The third kappa shape index (κ3) is 27.0. The molecule has 2 N–H and O–H groups in total. The summed E-state index contributed by atoms with van der Waals surface area (Å²) in [6, 6.07) is 0. The molecule has 0 bridgehead atoms. The van der Waals surface area contributed by atoms with Crippen LogP contribution in [0.1, 0.15) is 39.5 Å². The van der Waals surface area contributed by atoms with Gasteiger partial charge in [0.15, 0.2) is 0 Å². The predicted molar refractivity (Wildman–Crippen MR) is 49.2 cm³/mol. The van der Waals surface area contributed by atoms with Crippen LogP contribution in [-0.4, -0.2) is 5.91 Å². The standard InChI is InChI=1S/C6H13NO.C3H6/c1-2-3-4-5-6(7)8;1-3-2/h2-5H2,1H3,(H2,7,8);3H,1H2,2H3. The van der Waals surface area contributed by atoms with Gasteiger partial charge in [-0.05, 0) is 13.3 Å². The average Bonchev–Trinajstić information content (AvgIpc) is 1.89. The van der Waals surface area contributed by atoms with E-state index in [0.717, 1.165) is 19.3 Å². The molecule has 1 amide bonds. The van der Waals surface area contributed by atoms with Gasteiger partial charge < -0.3 is 5.73 Å². The van der Waals surface area contributed by atoms with Gasteiger partial charge in [-0.1, -0.05) is 25.8 Å². The van der Waals surface area contributed by atoms with Gasteiger partial charge in [-0.2, -0.15) is 0 Å². The average molecular weight is 157 g/mol. The quantitative estimate of drug-likeness (QED) is 0.493. The number of carbonyl (C=O) groups is 1. The van der Waals surface area contributed by atoms with Crippen LogP contribution in [0.4, 0.5) is 0 Å². The van der Waals surface area contributed by atoms with Crippen LogP contribution < -0.4 is 5.73 Å². The molecule has 0 fully saturated rings. The molecule has 0 aliphatic carbocycles. The summed E-state index contributed by atoms with van der Waals surface area (Å²) in [6.07, 6.45) is 5.51. The molecule has 0 aliphatic heterocycles. The van der Waals surface area contributed by atoms with Crippen LogP contribution in [0.15, 0.2) is 12.7 Å². The number of hydrogen-bond donors (Lipinski definition) is 1. The van der Waals surface area contributed by atoms with Crippen molar-refractivity contribution in [2.75, 3.05) is 0 Å². The minimum absolute atomic E-state index is 0.182. The van der Waals surface area contributed by atoms with Gasteiger partial charge in [0.2, 0.25) is 5.91 Å². The summed E-state index contributed by atoms with van der Waals surface area (Å²) in [5.41, 5.74) is 4.89. The number of allylic oxidation sites excluding steroid dienone is 1. The zero-order valence-electron chi connectivity index (χ0n) is 7.60. The highest BCUT2D eigenvalue weighted by atomic mass is 16.1. The van der Waals surface area contributed by atoms with Crippen molar-refractivity contribution in [3.8, 4) is 0 Å². The van der Waals surface area contributed by atoms with E-state index in [0.29, 0.717) is 6.42 Å². The molecule has 0 saturated carbocycles. The van der Waals surface area contributed by atoms with E-state index >= 15 is 0 Å². The van der Waals surface area contributed by atoms with E-state index in [1.165, 1.54) is 0 Å². The number of unbranched alkanes of at least 4 members (excludes halogenated alkanes) is 2. The summed E-state index contributed by atoms with van der Waals surface area (Å²) in [5.74, 6) is -0.182. The van der Waals surface area contributed by atoms with Crippen LogP contribution in [-0.2, 0) is 4.79 Å². The van der Waals surface area contributed by atoms with E-state index in [1.807, 2.05) is 6.92 Å². The van der Waals surface area contributed by atoms with Crippen molar-refractivity contribution in [2.45, 2.75) is 39.5 Å². The molecule has 0 spiro atoms. The monoisotopic (exact) mass is 157 g/mol. The molecule has 11 heavy (non-hydrogen) atoms. The number of amides is 1. The van der Waals surface area contributed by atoms with Crippen molar-refractivity contribution in [1.29, 1.82) is 0 Å². The molecule has 2 nitrogen and oxygen atoms in total. The molecule has 0 aromatic heterocycles. The highest BCUT2D eigenvalue weighted by Gasteiger charge is 1.90. The molecule has 0 saturated heterocycles. The van der Waals surface area contributed by atoms with Crippen LogP contribution in [0.3, 0.4) is 0 Å². The second-order valence-electron chi connectivity index (χ2n) is 2.33. The normalized spacial score (nSPS) is 7.82. The molecule has 66 valence electrons. The maximum atomic E-state index is 10.1. The van der Waals surface area contributed by atoms with Gasteiger partial charge in [0, 0.05) is 6.42 Å². The second-order valence-corrected chi connectivity index (χ2v) is 2.33. The van der Waals surface area contributed by atoms with Crippen molar-refractivity contribution >= 4 is 5.91 Å². The lowest BCUT2D eigenvalue weighted by Gasteiger charge is -1.90. The van der Waals surface area contributed by atoms with Gasteiger partial charge in [0.1, 0.15) is 0 Å². The second kappa shape index (κ2) is 11.9. The number of nitrogens with two attached hydrogens (primary N) is 1. The maximum Gasteiger partial charge on any atom is 0.217 e. The van der Waals surface area contributed by atoms with Crippen LogP contribution in [0.2, 0.25) is 0 Å². The lowest BCUT2D eigenvalue weighted by molar-refractivity contribution is -0.118. The first-order chi connectivity index (χ1) is 5.18. The number of primary amides is 1. The molecule has 0 aliphatic rings. The molecule has 0 atom stereocenters. The lowest BCUT2D eigenvalue weighted by atomic mass is 10.2. The summed E-state index contributed by atoms with van der Waals surface area (Å²) in [4.78, 5) is 10.1. The lowest BCUT2D eigenvalue weighted by Crippen LogP contribution is -2.09. The first-order valence-electron chi connectivity index (χ1n) is 4.04. The first kappa shape index (κ1) is 12.8. The summed E-state index contributed by atoms with van der Waals surface area (Å²) in [6.45, 7) is 7.35. The Balaban J connectivity index is 0. The molecule has 0 unspecified atom stereocenters. The van der Waals surface area contributed by atoms with E-state index in [1.54, 1.807) is 6.08 Å². The fourth-order valence-corrected chi connectivity index (χ4v) is 0.549. The van der Waals surface area contributed by atoms with Gasteiger partial charge >= 0.3 is 0 Å². The smallest absolute Gasteiger partial charge is 0.217 e. The van der Waals surface area contributed by atoms with Crippen molar-refractivity contribution in [1.82, 2.24) is 0 Å². The molecule has 0 aromatic carbocycles. The van der Waals surface area contributed by atoms with Crippen LogP contribution in [0.5, 0.6) is 0 Å². The molecule has 2 heteroatoms. The highest BCUT2D eigenvalue weighted by Crippen LogP contribution is 1.96. The largest absolute Gasteiger partial charge is 0.370 e.